The maximum absolute atomic E-state index is 10.9. The van der Waals surface area contributed by atoms with E-state index in [1.807, 2.05) is 30.3 Å². The first-order valence-corrected chi connectivity index (χ1v) is 7.14. The number of carboxylic acids is 1. The van der Waals surface area contributed by atoms with Gasteiger partial charge in [-0.2, -0.15) is 0 Å². The van der Waals surface area contributed by atoms with Crippen LogP contribution in [0.1, 0.15) is 38.3 Å². The lowest BCUT2D eigenvalue weighted by Crippen LogP contribution is -2.31. The zero-order valence-electron chi connectivity index (χ0n) is 12.2. The minimum Gasteiger partial charge on any atom is -0.481 e. The zero-order valence-corrected chi connectivity index (χ0v) is 12.2. The van der Waals surface area contributed by atoms with Crippen LogP contribution in [0.15, 0.2) is 30.3 Å². The summed E-state index contributed by atoms with van der Waals surface area (Å²) in [5.74, 6) is -0.214. The van der Waals surface area contributed by atoms with Crippen LogP contribution in [0.5, 0.6) is 0 Å². The highest BCUT2D eigenvalue weighted by molar-refractivity contribution is 5.67. The topological polar surface area (TPSA) is 69.6 Å². The van der Waals surface area contributed by atoms with Gasteiger partial charge in [-0.25, -0.2) is 0 Å². The number of nitrogens with one attached hydrogen (secondary N) is 1. The molecule has 2 atom stereocenters. The third-order valence-electron chi connectivity index (χ3n) is 3.31. The van der Waals surface area contributed by atoms with Crippen LogP contribution in [0, 0.1) is 11.8 Å². The van der Waals surface area contributed by atoms with E-state index >= 15 is 0 Å². The maximum Gasteiger partial charge on any atom is 0.303 e. The van der Waals surface area contributed by atoms with Gasteiger partial charge < -0.3 is 15.5 Å². The molecule has 1 aromatic carbocycles. The van der Waals surface area contributed by atoms with Gasteiger partial charge >= 0.3 is 5.97 Å². The number of hydrogen-bond donors (Lipinski definition) is 3. The highest BCUT2D eigenvalue weighted by Crippen LogP contribution is 2.17. The monoisotopic (exact) mass is 279 g/mol. The lowest BCUT2D eigenvalue weighted by atomic mass is 9.93. The standard InChI is InChI=1S/C16H25NO3/c1-12(2)8-13(9-16(19)20)10-17-15(11-18)14-6-4-3-5-7-14/h3-7,12-13,15,17-18H,8-11H2,1-2H3,(H,19,20)/t13-,15+/m1/s1. The van der Waals surface area contributed by atoms with E-state index in [2.05, 4.69) is 19.2 Å². The molecule has 0 fully saturated rings. The molecule has 112 valence electrons. The normalized spacial score (nSPS) is 14.2. The van der Waals surface area contributed by atoms with Crippen LogP contribution in [0.4, 0.5) is 0 Å². The Morgan fingerprint density at radius 2 is 1.90 bits per heavy atom. The molecule has 20 heavy (non-hydrogen) atoms. The van der Waals surface area contributed by atoms with Crippen molar-refractivity contribution >= 4 is 5.97 Å². The molecule has 1 aromatic rings. The number of benzene rings is 1. The molecule has 1 rings (SSSR count). The van der Waals surface area contributed by atoms with Gasteiger partial charge in [0.1, 0.15) is 0 Å². The van der Waals surface area contributed by atoms with Crippen LogP contribution in [0.2, 0.25) is 0 Å². The van der Waals surface area contributed by atoms with E-state index in [9.17, 15) is 9.90 Å². The van der Waals surface area contributed by atoms with Crippen molar-refractivity contribution in [3.05, 3.63) is 35.9 Å². The fourth-order valence-electron chi connectivity index (χ4n) is 2.43. The first kappa shape index (κ1) is 16.7. The van der Waals surface area contributed by atoms with Gasteiger partial charge in [-0.05, 0) is 30.4 Å². The van der Waals surface area contributed by atoms with E-state index in [4.69, 9.17) is 5.11 Å². The lowest BCUT2D eigenvalue weighted by Gasteiger charge is -2.22. The van der Waals surface area contributed by atoms with Gasteiger partial charge in [0.2, 0.25) is 0 Å². The molecular weight excluding hydrogens is 254 g/mol. The van der Waals surface area contributed by atoms with Gasteiger partial charge in [0.15, 0.2) is 0 Å². The van der Waals surface area contributed by atoms with Crippen molar-refractivity contribution in [2.75, 3.05) is 13.2 Å². The van der Waals surface area contributed by atoms with E-state index in [1.54, 1.807) is 0 Å². The predicted octanol–water partition coefficient (Wildman–Crippen LogP) is 2.45. The van der Waals surface area contributed by atoms with E-state index in [1.165, 1.54) is 0 Å². The number of aliphatic carboxylic acids is 1. The number of hydrogen-bond acceptors (Lipinski definition) is 3. The molecule has 3 N–H and O–H groups in total. The second kappa shape index (κ2) is 8.72. The molecule has 0 radical (unpaired) electrons. The number of rotatable bonds is 9. The molecule has 0 spiro atoms. The smallest absolute Gasteiger partial charge is 0.303 e. The molecule has 0 amide bonds. The second-order valence-corrected chi connectivity index (χ2v) is 5.65. The Balaban J connectivity index is 2.57. The van der Waals surface area contributed by atoms with E-state index < -0.39 is 5.97 Å². The SMILES string of the molecule is CC(C)C[C@@H](CN[C@@H](CO)c1ccccc1)CC(=O)O. The molecule has 0 aliphatic heterocycles. The lowest BCUT2D eigenvalue weighted by molar-refractivity contribution is -0.138. The van der Waals surface area contributed by atoms with Gasteiger partial charge in [-0.1, -0.05) is 44.2 Å². The van der Waals surface area contributed by atoms with Gasteiger partial charge in [0.25, 0.3) is 0 Å². The van der Waals surface area contributed by atoms with Crippen LogP contribution < -0.4 is 5.32 Å². The van der Waals surface area contributed by atoms with Gasteiger partial charge in [-0.15, -0.1) is 0 Å². The first-order valence-electron chi connectivity index (χ1n) is 7.14. The average molecular weight is 279 g/mol. The van der Waals surface area contributed by atoms with Crippen molar-refractivity contribution in [1.29, 1.82) is 0 Å². The van der Waals surface area contributed by atoms with Crippen LogP contribution >= 0.6 is 0 Å². The summed E-state index contributed by atoms with van der Waals surface area (Å²) in [6.45, 7) is 4.79. The highest BCUT2D eigenvalue weighted by Gasteiger charge is 2.17. The third-order valence-corrected chi connectivity index (χ3v) is 3.31. The number of carboxylic acid groups (broad SMARTS) is 1. The molecule has 4 heteroatoms. The summed E-state index contributed by atoms with van der Waals surface area (Å²) >= 11 is 0. The summed E-state index contributed by atoms with van der Waals surface area (Å²) in [4.78, 5) is 10.9. The Morgan fingerprint density at radius 1 is 1.25 bits per heavy atom. The van der Waals surface area contributed by atoms with Gasteiger partial charge in [0, 0.05) is 6.42 Å². The molecule has 0 aliphatic rings. The van der Waals surface area contributed by atoms with Crippen LogP contribution in [0.25, 0.3) is 0 Å². The molecular formula is C16H25NO3. The fourth-order valence-corrected chi connectivity index (χ4v) is 2.43. The van der Waals surface area contributed by atoms with Crippen molar-refractivity contribution in [2.45, 2.75) is 32.7 Å². The summed E-state index contributed by atoms with van der Waals surface area (Å²) in [5, 5.41) is 21.7. The van der Waals surface area contributed by atoms with Crippen molar-refractivity contribution in [1.82, 2.24) is 5.32 Å². The van der Waals surface area contributed by atoms with Crippen molar-refractivity contribution in [2.24, 2.45) is 11.8 Å². The van der Waals surface area contributed by atoms with Crippen LogP contribution in [-0.4, -0.2) is 29.3 Å². The van der Waals surface area contributed by atoms with Crippen LogP contribution in [0.3, 0.4) is 0 Å². The van der Waals surface area contributed by atoms with Gasteiger partial charge in [-0.3, -0.25) is 4.79 Å². The number of carbonyl (C=O) groups is 1. The summed E-state index contributed by atoms with van der Waals surface area (Å²) < 4.78 is 0. The summed E-state index contributed by atoms with van der Waals surface area (Å²) in [6, 6.07) is 9.58. The number of aliphatic hydroxyl groups is 1. The van der Waals surface area contributed by atoms with Crippen molar-refractivity contribution < 1.29 is 15.0 Å². The summed E-state index contributed by atoms with van der Waals surface area (Å²) in [6.07, 6.45) is 1.03. The summed E-state index contributed by atoms with van der Waals surface area (Å²) in [7, 11) is 0. The number of aliphatic hydroxyl groups excluding tert-OH is 1. The molecule has 4 nitrogen and oxygen atoms in total. The zero-order chi connectivity index (χ0) is 15.0. The van der Waals surface area contributed by atoms with Crippen molar-refractivity contribution in [3.8, 4) is 0 Å². The minimum absolute atomic E-state index is 0.00544. The predicted molar refractivity (Wildman–Crippen MR) is 79.5 cm³/mol. The van der Waals surface area contributed by atoms with E-state index in [-0.39, 0.29) is 25.0 Å². The molecule has 0 saturated heterocycles. The Kier molecular flexibility index (Phi) is 7.26. The Labute approximate surface area is 120 Å². The summed E-state index contributed by atoms with van der Waals surface area (Å²) in [5.41, 5.74) is 1.02. The molecule has 0 aromatic heterocycles. The average Bonchev–Trinajstić information content (AvgIpc) is 2.39. The first-order chi connectivity index (χ1) is 9.52. The van der Waals surface area contributed by atoms with Gasteiger partial charge in [0.05, 0.1) is 12.6 Å². The largest absolute Gasteiger partial charge is 0.481 e. The Morgan fingerprint density at radius 3 is 2.40 bits per heavy atom. The van der Waals surface area contributed by atoms with E-state index in [0.29, 0.717) is 12.5 Å². The second-order valence-electron chi connectivity index (χ2n) is 5.65. The van der Waals surface area contributed by atoms with Crippen LogP contribution in [-0.2, 0) is 4.79 Å². The van der Waals surface area contributed by atoms with Crippen molar-refractivity contribution in [3.63, 3.8) is 0 Å². The van der Waals surface area contributed by atoms with E-state index in [0.717, 1.165) is 12.0 Å². The molecule has 0 heterocycles. The third kappa shape index (κ3) is 6.17. The Hall–Kier alpha value is -1.39. The quantitative estimate of drug-likeness (QED) is 0.649. The maximum atomic E-state index is 10.9. The molecule has 0 bridgehead atoms. The Bertz CT molecular complexity index is 392. The molecule has 0 unspecified atom stereocenters. The minimum atomic E-state index is -0.766. The highest BCUT2D eigenvalue weighted by atomic mass is 16.4. The molecule has 0 saturated carbocycles. The fraction of sp³-hybridized carbons (Fsp3) is 0.562. The molecule has 0 aliphatic carbocycles.